The second-order valence-corrected chi connectivity index (χ2v) is 4.34. The highest BCUT2D eigenvalue weighted by Crippen LogP contribution is 2.13. The molecule has 0 aliphatic rings. The Morgan fingerprint density at radius 1 is 1.32 bits per heavy atom. The molecule has 0 fully saturated rings. The topological polar surface area (TPSA) is 66.6 Å². The fourth-order valence-corrected chi connectivity index (χ4v) is 1.47. The van der Waals surface area contributed by atoms with Crippen molar-refractivity contribution >= 4 is 17.5 Å². The van der Waals surface area contributed by atoms with Crippen molar-refractivity contribution in [3.8, 4) is 0 Å². The van der Waals surface area contributed by atoms with Gasteiger partial charge in [0.2, 0.25) is 5.91 Å². The number of hydrogen-bond donors (Lipinski definition) is 1. The Balaban J connectivity index is 2.89. The van der Waals surface area contributed by atoms with E-state index in [1.807, 2.05) is 0 Å². The van der Waals surface area contributed by atoms with Gasteiger partial charge in [0.25, 0.3) is 5.91 Å². The van der Waals surface area contributed by atoms with Crippen LogP contribution in [0.1, 0.15) is 17.3 Å². The number of halogens is 1. The highest BCUT2D eigenvalue weighted by atomic mass is 19.1. The summed E-state index contributed by atoms with van der Waals surface area (Å²) in [6.45, 7) is 2.09. The Morgan fingerprint density at radius 3 is 2.42 bits per heavy atom. The summed E-state index contributed by atoms with van der Waals surface area (Å²) in [5.41, 5.74) is 5.53. The van der Waals surface area contributed by atoms with Crippen LogP contribution in [0.2, 0.25) is 0 Å². The molecule has 0 saturated heterocycles. The lowest BCUT2D eigenvalue weighted by molar-refractivity contribution is -0.129. The van der Waals surface area contributed by atoms with Gasteiger partial charge in [0.15, 0.2) is 0 Å². The molecule has 0 aliphatic carbocycles. The molecule has 0 aliphatic heterocycles. The van der Waals surface area contributed by atoms with Crippen LogP contribution in [0.15, 0.2) is 18.2 Å². The maximum Gasteiger partial charge on any atom is 0.254 e. The van der Waals surface area contributed by atoms with E-state index in [4.69, 9.17) is 5.73 Å². The zero-order valence-electron chi connectivity index (χ0n) is 11.3. The van der Waals surface area contributed by atoms with Gasteiger partial charge in [-0.2, -0.15) is 0 Å². The summed E-state index contributed by atoms with van der Waals surface area (Å²) in [6, 6.07) is 3.87. The van der Waals surface area contributed by atoms with Crippen molar-refractivity contribution in [2.24, 2.45) is 0 Å². The number of nitrogens with two attached hydrogens (primary N) is 1. The number of carbonyl (C=O) groups is 2. The second-order valence-electron chi connectivity index (χ2n) is 4.34. The molecule has 1 aromatic carbocycles. The fourth-order valence-electron chi connectivity index (χ4n) is 1.47. The van der Waals surface area contributed by atoms with Gasteiger partial charge in [0.05, 0.1) is 12.2 Å². The van der Waals surface area contributed by atoms with Crippen LogP contribution in [-0.4, -0.2) is 48.8 Å². The zero-order valence-corrected chi connectivity index (χ0v) is 11.3. The van der Waals surface area contributed by atoms with Gasteiger partial charge in [-0.1, -0.05) is 0 Å². The van der Waals surface area contributed by atoms with E-state index in [2.05, 4.69) is 0 Å². The number of benzene rings is 1. The number of rotatable bonds is 4. The van der Waals surface area contributed by atoms with E-state index in [0.717, 1.165) is 6.07 Å². The summed E-state index contributed by atoms with van der Waals surface area (Å²) in [4.78, 5) is 26.5. The molecule has 1 aromatic rings. The number of amides is 2. The van der Waals surface area contributed by atoms with E-state index in [1.54, 1.807) is 21.0 Å². The molecular formula is C13H18FN3O2. The molecule has 2 N–H and O–H groups in total. The number of hydrogen-bond acceptors (Lipinski definition) is 3. The first-order valence-corrected chi connectivity index (χ1v) is 5.91. The van der Waals surface area contributed by atoms with Crippen LogP contribution in [0.3, 0.4) is 0 Å². The van der Waals surface area contributed by atoms with Gasteiger partial charge < -0.3 is 15.5 Å². The van der Waals surface area contributed by atoms with Gasteiger partial charge in [-0.05, 0) is 25.1 Å². The largest absolute Gasteiger partial charge is 0.396 e. The van der Waals surface area contributed by atoms with Crippen LogP contribution in [0.25, 0.3) is 0 Å². The number of carbonyl (C=O) groups excluding carboxylic acids is 2. The lowest BCUT2D eigenvalue weighted by atomic mass is 10.1. The van der Waals surface area contributed by atoms with Crippen LogP contribution in [0.5, 0.6) is 0 Å². The summed E-state index contributed by atoms with van der Waals surface area (Å²) in [5.74, 6) is -1.22. The fraction of sp³-hybridized carbons (Fsp3) is 0.385. The molecule has 0 unspecified atom stereocenters. The highest BCUT2D eigenvalue weighted by Gasteiger charge is 2.19. The molecule has 0 bridgehead atoms. The molecule has 0 aromatic heterocycles. The Kier molecular flexibility index (Phi) is 4.86. The molecule has 0 spiro atoms. The first kappa shape index (κ1) is 14.9. The van der Waals surface area contributed by atoms with E-state index >= 15 is 0 Å². The minimum atomic E-state index is -0.638. The molecule has 0 saturated carbocycles. The lowest BCUT2D eigenvalue weighted by Crippen LogP contribution is -2.40. The molecule has 1 rings (SSSR count). The molecule has 0 heterocycles. The van der Waals surface area contributed by atoms with Crippen molar-refractivity contribution in [3.05, 3.63) is 29.6 Å². The van der Waals surface area contributed by atoms with Crippen LogP contribution in [0.4, 0.5) is 10.1 Å². The third-order valence-electron chi connectivity index (χ3n) is 2.74. The first-order valence-electron chi connectivity index (χ1n) is 5.91. The molecule has 19 heavy (non-hydrogen) atoms. The predicted molar refractivity (Wildman–Crippen MR) is 71.1 cm³/mol. The maximum absolute atomic E-state index is 13.3. The Bertz CT molecular complexity index is 489. The van der Waals surface area contributed by atoms with Gasteiger partial charge in [-0.3, -0.25) is 9.59 Å². The molecule has 104 valence electrons. The van der Waals surface area contributed by atoms with Gasteiger partial charge in [0, 0.05) is 26.2 Å². The number of anilines is 1. The minimum absolute atomic E-state index is 0.0102. The molecule has 2 amide bonds. The monoisotopic (exact) mass is 267 g/mol. The molecular weight excluding hydrogens is 249 g/mol. The van der Waals surface area contributed by atoms with Gasteiger partial charge in [-0.25, -0.2) is 4.39 Å². The third kappa shape index (κ3) is 3.67. The quantitative estimate of drug-likeness (QED) is 0.826. The van der Waals surface area contributed by atoms with Crippen LogP contribution in [0, 0.1) is 5.82 Å². The highest BCUT2D eigenvalue weighted by molar-refractivity contribution is 5.96. The SMILES string of the molecule is CCN(CC(=O)N(C)C)C(=O)c1ccc(N)c(F)c1. The van der Waals surface area contributed by atoms with Crippen molar-refractivity contribution in [1.29, 1.82) is 0 Å². The molecule has 0 atom stereocenters. The van der Waals surface area contributed by atoms with E-state index in [0.29, 0.717) is 6.54 Å². The third-order valence-corrected chi connectivity index (χ3v) is 2.74. The summed E-state index contributed by atoms with van der Waals surface area (Å²) < 4.78 is 13.3. The Labute approximate surface area is 111 Å². The second kappa shape index (κ2) is 6.17. The average molecular weight is 267 g/mol. The van der Waals surface area contributed by atoms with Crippen molar-refractivity contribution in [3.63, 3.8) is 0 Å². The van der Waals surface area contributed by atoms with Crippen LogP contribution < -0.4 is 5.73 Å². The van der Waals surface area contributed by atoms with Gasteiger partial charge >= 0.3 is 0 Å². The zero-order chi connectivity index (χ0) is 14.6. The van der Waals surface area contributed by atoms with Crippen molar-refractivity contribution in [2.45, 2.75) is 6.92 Å². The number of nitrogens with zero attached hydrogens (tertiary/aromatic N) is 2. The summed E-state index contributed by atoms with van der Waals surface area (Å²) in [7, 11) is 3.23. The Morgan fingerprint density at radius 2 is 1.95 bits per heavy atom. The normalized spacial score (nSPS) is 10.1. The number of nitrogen functional groups attached to an aromatic ring is 1. The van der Waals surface area contributed by atoms with Gasteiger partial charge in [0.1, 0.15) is 5.82 Å². The number of likely N-dealkylation sites (N-methyl/N-ethyl adjacent to an activating group) is 2. The standard InChI is InChI=1S/C13H18FN3O2/c1-4-17(8-12(18)16(2)3)13(19)9-5-6-11(15)10(14)7-9/h5-7H,4,8,15H2,1-3H3. The Hall–Kier alpha value is -2.11. The lowest BCUT2D eigenvalue weighted by Gasteiger charge is -2.22. The van der Waals surface area contributed by atoms with Crippen molar-refractivity contribution < 1.29 is 14.0 Å². The molecule has 6 heteroatoms. The molecule has 0 radical (unpaired) electrons. The van der Waals surface area contributed by atoms with Crippen LogP contribution >= 0.6 is 0 Å². The maximum atomic E-state index is 13.3. The summed E-state index contributed by atoms with van der Waals surface area (Å²) >= 11 is 0. The van der Waals surface area contributed by atoms with E-state index in [9.17, 15) is 14.0 Å². The first-order chi connectivity index (χ1) is 8.86. The van der Waals surface area contributed by atoms with Gasteiger partial charge in [-0.15, -0.1) is 0 Å². The van der Waals surface area contributed by atoms with E-state index < -0.39 is 11.7 Å². The minimum Gasteiger partial charge on any atom is -0.396 e. The average Bonchev–Trinajstić information content (AvgIpc) is 2.37. The predicted octanol–water partition coefficient (Wildman–Crippen LogP) is 0.958. The van der Waals surface area contributed by atoms with Crippen LogP contribution in [-0.2, 0) is 4.79 Å². The van der Waals surface area contributed by atoms with Crippen molar-refractivity contribution in [1.82, 2.24) is 9.80 Å². The molecule has 5 nitrogen and oxygen atoms in total. The van der Waals surface area contributed by atoms with E-state index in [-0.39, 0.29) is 23.7 Å². The summed E-state index contributed by atoms with van der Waals surface area (Å²) in [5, 5.41) is 0. The van der Waals surface area contributed by atoms with E-state index in [1.165, 1.54) is 21.9 Å². The smallest absolute Gasteiger partial charge is 0.254 e. The van der Waals surface area contributed by atoms with Crippen molar-refractivity contribution in [2.75, 3.05) is 32.9 Å². The summed E-state index contributed by atoms with van der Waals surface area (Å²) in [6.07, 6.45) is 0.